The molecule has 1 aliphatic heterocycles. The summed E-state index contributed by atoms with van der Waals surface area (Å²) in [5, 5.41) is 6.08. The molecule has 2 amide bonds. The first-order valence-electron chi connectivity index (χ1n) is 8.43. The highest BCUT2D eigenvalue weighted by atomic mass is 35.5. The second-order valence-corrected chi connectivity index (χ2v) is 7.47. The van der Waals surface area contributed by atoms with Crippen LogP contribution in [0.25, 0.3) is 0 Å². The average molecular weight is 460 g/mol. The fourth-order valence-corrected chi connectivity index (χ4v) is 3.60. The number of amides is 2. The van der Waals surface area contributed by atoms with E-state index in [1.807, 2.05) is 0 Å². The second kappa shape index (κ2) is 7.81. The molecule has 1 atom stereocenters. The van der Waals surface area contributed by atoms with E-state index in [1.54, 1.807) is 0 Å². The molecule has 0 saturated carbocycles. The highest BCUT2D eigenvalue weighted by Crippen LogP contribution is 2.49. The van der Waals surface area contributed by atoms with Gasteiger partial charge in [0.15, 0.2) is 0 Å². The first kappa shape index (κ1) is 21.9. The Labute approximate surface area is 178 Å². The molecule has 0 aromatic heterocycles. The Balaban J connectivity index is 2.04. The third-order valence-electron chi connectivity index (χ3n) is 4.44. The molecule has 3 rings (SSSR count). The molecule has 11 heteroatoms. The SMILES string of the molecule is CC(=O)Nc1cc(C2=NOC(c3cc(Cl)cc(Cl)c3)(C(F)(F)F)C2)ccc1C(N)=O. The number of carbonyl (C=O) groups is 2. The molecule has 3 N–H and O–H groups in total. The van der Waals surface area contributed by atoms with E-state index in [1.165, 1.54) is 31.2 Å². The number of nitrogens with zero attached hydrogens (tertiary/aromatic N) is 1. The number of hydrogen-bond acceptors (Lipinski definition) is 4. The number of halogens is 5. The molecule has 158 valence electrons. The van der Waals surface area contributed by atoms with Crippen molar-refractivity contribution < 1.29 is 27.6 Å². The monoisotopic (exact) mass is 459 g/mol. The molecule has 2 aromatic carbocycles. The van der Waals surface area contributed by atoms with Gasteiger partial charge in [0.2, 0.25) is 5.91 Å². The summed E-state index contributed by atoms with van der Waals surface area (Å²) in [4.78, 5) is 27.9. The van der Waals surface area contributed by atoms with E-state index in [-0.39, 0.29) is 38.1 Å². The van der Waals surface area contributed by atoms with Crippen molar-refractivity contribution in [2.24, 2.45) is 10.9 Å². The summed E-state index contributed by atoms with van der Waals surface area (Å²) < 4.78 is 42.2. The lowest BCUT2D eigenvalue weighted by Crippen LogP contribution is -2.42. The lowest BCUT2D eigenvalue weighted by atomic mass is 9.86. The van der Waals surface area contributed by atoms with Gasteiger partial charge in [-0.3, -0.25) is 9.59 Å². The van der Waals surface area contributed by atoms with Crippen molar-refractivity contribution in [2.75, 3.05) is 5.32 Å². The minimum atomic E-state index is -4.85. The van der Waals surface area contributed by atoms with E-state index in [9.17, 15) is 22.8 Å². The number of hydrogen-bond donors (Lipinski definition) is 2. The van der Waals surface area contributed by atoms with E-state index in [0.29, 0.717) is 0 Å². The molecule has 0 spiro atoms. The van der Waals surface area contributed by atoms with Gasteiger partial charge in [-0.1, -0.05) is 34.4 Å². The number of carbonyl (C=O) groups excluding carboxylic acids is 2. The van der Waals surface area contributed by atoms with E-state index < -0.39 is 30.0 Å². The van der Waals surface area contributed by atoms with Gasteiger partial charge in [0.1, 0.15) is 0 Å². The van der Waals surface area contributed by atoms with Crippen LogP contribution in [0.2, 0.25) is 10.0 Å². The smallest absolute Gasteiger partial charge is 0.374 e. The first-order chi connectivity index (χ1) is 13.9. The van der Waals surface area contributed by atoms with Gasteiger partial charge < -0.3 is 15.9 Å². The molecule has 0 saturated heterocycles. The van der Waals surface area contributed by atoms with Crippen LogP contribution in [0.4, 0.5) is 18.9 Å². The summed E-state index contributed by atoms with van der Waals surface area (Å²) in [5.41, 5.74) is 2.38. The van der Waals surface area contributed by atoms with Crippen molar-refractivity contribution in [3.8, 4) is 0 Å². The van der Waals surface area contributed by atoms with Gasteiger partial charge in [-0.2, -0.15) is 13.2 Å². The molecule has 1 aliphatic rings. The fourth-order valence-electron chi connectivity index (χ4n) is 3.08. The van der Waals surface area contributed by atoms with Gasteiger partial charge in [0, 0.05) is 34.5 Å². The molecule has 30 heavy (non-hydrogen) atoms. The third kappa shape index (κ3) is 4.08. The molecular formula is C19H14Cl2F3N3O3. The number of rotatable bonds is 4. The molecule has 2 aromatic rings. The van der Waals surface area contributed by atoms with Crippen LogP contribution in [0.15, 0.2) is 41.6 Å². The van der Waals surface area contributed by atoms with Crippen molar-refractivity contribution >= 4 is 46.4 Å². The number of nitrogens with two attached hydrogens (primary N) is 1. The van der Waals surface area contributed by atoms with Crippen molar-refractivity contribution in [3.63, 3.8) is 0 Å². The van der Waals surface area contributed by atoms with Gasteiger partial charge in [0.25, 0.3) is 11.5 Å². The topological polar surface area (TPSA) is 93.8 Å². The Morgan fingerprint density at radius 2 is 1.80 bits per heavy atom. The predicted octanol–water partition coefficient (Wildman–Crippen LogP) is 4.63. The summed E-state index contributed by atoms with van der Waals surface area (Å²) in [6.45, 7) is 1.21. The Kier molecular flexibility index (Phi) is 5.70. The van der Waals surface area contributed by atoms with E-state index in [4.69, 9.17) is 33.8 Å². The molecular weight excluding hydrogens is 446 g/mol. The Bertz CT molecular complexity index is 1050. The Hall–Kier alpha value is -2.78. The lowest BCUT2D eigenvalue weighted by molar-refractivity contribution is -0.275. The average Bonchev–Trinajstić information content (AvgIpc) is 3.06. The highest BCUT2D eigenvalue weighted by molar-refractivity contribution is 6.34. The maximum atomic E-state index is 14.1. The zero-order valence-corrected chi connectivity index (χ0v) is 16.8. The Morgan fingerprint density at radius 1 is 1.17 bits per heavy atom. The van der Waals surface area contributed by atoms with Crippen LogP contribution in [0.1, 0.15) is 34.8 Å². The van der Waals surface area contributed by atoms with Crippen molar-refractivity contribution in [3.05, 3.63) is 63.1 Å². The van der Waals surface area contributed by atoms with Gasteiger partial charge in [-0.15, -0.1) is 0 Å². The van der Waals surface area contributed by atoms with Gasteiger partial charge >= 0.3 is 6.18 Å². The van der Waals surface area contributed by atoms with Gasteiger partial charge in [-0.25, -0.2) is 0 Å². The first-order valence-corrected chi connectivity index (χ1v) is 9.19. The van der Waals surface area contributed by atoms with E-state index in [2.05, 4.69) is 10.5 Å². The highest BCUT2D eigenvalue weighted by Gasteiger charge is 2.62. The fraction of sp³-hybridized carbons (Fsp3) is 0.211. The van der Waals surface area contributed by atoms with Crippen LogP contribution >= 0.6 is 23.2 Å². The normalized spacial score (nSPS) is 18.5. The zero-order valence-electron chi connectivity index (χ0n) is 15.3. The summed E-state index contributed by atoms with van der Waals surface area (Å²) in [5.74, 6) is -1.30. The van der Waals surface area contributed by atoms with Crippen molar-refractivity contribution in [1.82, 2.24) is 0 Å². The Morgan fingerprint density at radius 3 is 2.33 bits per heavy atom. The lowest BCUT2D eigenvalue weighted by Gasteiger charge is -2.29. The largest absolute Gasteiger partial charge is 0.435 e. The van der Waals surface area contributed by atoms with Crippen LogP contribution in [0.5, 0.6) is 0 Å². The molecule has 6 nitrogen and oxygen atoms in total. The summed E-state index contributed by atoms with van der Waals surface area (Å²) in [6.07, 6.45) is -5.53. The van der Waals surface area contributed by atoms with Crippen molar-refractivity contribution in [1.29, 1.82) is 0 Å². The maximum Gasteiger partial charge on any atom is 0.435 e. The number of alkyl halides is 3. The minimum Gasteiger partial charge on any atom is -0.374 e. The summed E-state index contributed by atoms with van der Waals surface area (Å²) in [7, 11) is 0. The van der Waals surface area contributed by atoms with Crippen LogP contribution < -0.4 is 11.1 Å². The molecule has 0 bridgehead atoms. The van der Waals surface area contributed by atoms with Crippen LogP contribution in [0, 0.1) is 0 Å². The standard InChI is InChI=1S/C19H14Cl2F3N3O3/c1-9(28)26-15-4-10(2-3-14(15)17(25)29)16-8-18(30-27-16,19(22,23)24)11-5-12(20)7-13(21)6-11/h2-7H,8H2,1H3,(H2,25,29)(H,26,28). The maximum absolute atomic E-state index is 14.1. The quantitative estimate of drug-likeness (QED) is 0.697. The van der Waals surface area contributed by atoms with Crippen LogP contribution in [-0.4, -0.2) is 23.7 Å². The predicted molar refractivity (Wildman–Crippen MR) is 106 cm³/mol. The minimum absolute atomic E-state index is 0.00262. The second-order valence-electron chi connectivity index (χ2n) is 6.59. The van der Waals surface area contributed by atoms with E-state index in [0.717, 1.165) is 12.1 Å². The number of anilines is 1. The number of nitrogens with one attached hydrogen (secondary N) is 1. The van der Waals surface area contributed by atoms with E-state index >= 15 is 0 Å². The number of oxime groups is 1. The number of primary amides is 1. The van der Waals surface area contributed by atoms with Gasteiger partial charge in [-0.05, 0) is 30.3 Å². The summed E-state index contributed by atoms with van der Waals surface area (Å²) >= 11 is 11.8. The number of benzene rings is 2. The van der Waals surface area contributed by atoms with Crippen LogP contribution in [0.3, 0.4) is 0 Å². The van der Waals surface area contributed by atoms with Crippen molar-refractivity contribution in [2.45, 2.75) is 25.1 Å². The summed E-state index contributed by atoms with van der Waals surface area (Å²) in [6, 6.07) is 7.48. The zero-order chi connectivity index (χ0) is 22.3. The molecule has 1 heterocycles. The molecule has 0 aliphatic carbocycles. The molecule has 0 radical (unpaired) electrons. The van der Waals surface area contributed by atoms with Gasteiger partial charge in [0.05, 0.1) is 17.0 Å². The molecule has 1 unspecified atom stereocenters. The van der Waals surface area contributed by atoms with Crippen LogP contribution in [-0.2, 0) is 15.2 Å². The molecule has 0 fully saturated rings. The third-order valence-corrected chi connectivity index (χ3v) is 4.88.